The van der Waals surface area contributed by atoms with Crippen LogP contribution in [0.3, 0.4) is 0 Å². The molecule has 0 saturated heterocycles. The van der Waals surface area contributed by atoms with Gasteiger partial charge in [-0.3, -0.25) is 5.32 Å². The Bertz CT molecular complexity index is 444. The van der Waals surface area contributed by atoms with E-state index in [1.54, 1.807) is 30.3 Å². The monoisotopic (exact) mass is 267 g/mol. The SMILES string of the molecule is COC(=O)C(NCC(C)(O)C(=O)O)c1ccccc1. The standard InChI is InChI=1S/C13H17NO5/c1-13(18,12(16)17)8-14-10(11(15)19-2)9-6-4-3-5-7-9/h3-7,10,14,18H,8H2,1-2H3,(H,16,17). The molecule has 0 saturated carbocycles. The van der Waals surface area contributed by atoms with Crippen LogP contribution in [-0.4, -0.2) is 41.4 Å². The van der Waals surface area contributed by atoms with Crippen molar-refractivity contribution in [3.8, 4) is 0 Å². The molecule has 0 heterocycles. The first-order valence-electron chi connectivity index (χ1n) is 5.70. The summed E-state index contributed by atoms with van der Waals surface area (Å²) in [5.41, 5.74) is -1.32. The number of aliphatic hydroxyl groups is 1. The van der Waals surface area contributed by atoms with E-state index >= 15 is 0 Å². The molecule has 2 unspecified atom stereocenters. The molecule has 1 rings (SSSR count). The van der Waals surface area contributed by atoms with Crippen LogP contribution in [0, 0.1) is 0 Å². The average Bonchev–Trinajstić information content (AvgIpc) is 2.39. The summed E-state index contributed by atoms with van der Waals surface area (Å²) in [5.74, 6) is -1.91. The topological polar surface area (TPSA) is 95.9 Å². The fourth-order valence-corrected chi connectivity index (χ4v) is 1.48. The third-order valence-corrected chi connectivity index (χ3v) is 2.68. The highest BCUT2D eigenvalue weighted by Gasteiger charge is 2.32. The minimum absolute atomic E-state index is 0.281. The second kappa shape index (κ2) is 6.31. The molecule has 0 aromatic heterocycles. The molecule has 0 bridgehead atoms. The zero-order chi connectivity index (χ0) is 14.5. The molecule has 1 aromatic rings. The van der Waals surface area contributed by atoms with Gasteiger partial charge < -0.3 is 14.9 Å². The number of benzene rings is 1. The summed E-state index contributed by atoms with van der Waals surface area (Å²) in [5, 5.41) is 21.1. The molecule has 0 aliphatic carbocycles. The quantitative estimate of drug-likeness (QED) is 0.643. The number of ether oxygens (including phenoxy) is 1. The first-order chi connectivity index (χ1) is 8.88. The number of nitrogens with one attached hydrogen (secondary N) is 1. The molecule has 0 aliphatic rings. The fraction of sp³-hybridized carbons (Fsp3) is 0.385. The van der Waals surface area contributed by atoms with Crippen LogP contribution in [0.25, 0.3) is 0 Å². The van der Waals surface area contributed by atoms with E-state index in [1.807, 2.05) is 0 Å². The highest BCUT2D eigenvalue weighted by atomic mass is 16.5. The van der Waals surface area contributed by atoms with Gasteiger partial charge >= 0.3 is 11.9 Å². The van der Waals surface area contributed by atoms with Crippen LogP contribution in [0.2, 0.25) is 0 Å². The van der Waals surface area contributed by atoms with Crippen LogP contribution in [0.5, 0.6) is 0 Å². The number of rotatable bonds is 6. The van der Waals surface area contributed by atoms with Crippen molar-refractivity contribution in [3.63, 3.8) is 0 Å². The van der Waals surface area contributed by atoms with Crippen molar-refractivity contribution >= 4 is 11.9 Å². The lowest BCUT2D eigenvalue weighted by molar-refractivity contribution is -0.157. The van der Waals surface area contributed by atoms with Crippen molar-refractivity contribution in [2.75, 3.05) is 13.7 Å². The highest BCUT2D eigenvalue weighted by molar-refractivity contribution is 5.79. The molecule has 2 atom stereocenters. The van der Waals surface area contributed by atoms with Crippen LogP contribution in [-0.2, 0) is 14.3 Å². The van der Waals surface area contributed by atoms with Crippen molar-refractivity contribution in [1.82, 2.24) is 5.32 Å². The van der Waals surface area contributed by atoms with Crippen molar-refractivity contribution in [3.05, 3.63) is 35.9 Å². The summed E-state index contributed by atoms with van der Waals surface area (Å²) in [6, 6.07) is 7.90. The van der Waals surface area contributed by atoms with Gasteiger partial charge in [-0.25, -0.2) is 9.59 Å². The molecule has 19 heavy (non-hydrogen) atoms. The van der Waals surface area contributed by atoms with Crippen LogP contribution < -0.4 is 5.32 Å². The van der Waals surface area contributed by atoms with Gasteiger partial charge in [0.05, 0.1) is 7.11 Å². The largest absolute Gasteiger partial charge is 0.479 e. The van der Waals surface area contributed by atoms with E-state index in [-0.39, 0.29) is 6.54 Å². The summed E-state index contributed by atoms with van der Waals surface area (Å²) >= 11 is 0. The summed E-state index contributed by atoms with van der Waals surface area (Å²) in [6.07, 6.45) is 0. The molecule has 0 radical (unpaired) electrons. The molecular formula is C13H17NO5. The van der Waals surface area contributed by atoms with E-state index < -0.39 is 23.6 Å². The van der Waals surface area contributed by atoms with E-state index in [1.165, 1.54) is 7.11 Å². The van der Waals surface area contributed by atoms with Gasteiger partial charge in [0.25, 0.3) is 0 Å². The van der Waals surface area contributed by atoms with Crippen molar-refractivity contribution in [1.29, 1.82) is 0 Å². The molecule has 3 N–H and O–H groups in total. The van der Waals surface area contributed by atoms with Gasteiger partial charge in [0.2, 0.25) is 0 Å². The van der Waals surface area contributed by atoms with Crippen LogP contribution in [0.15, 0.2) is 30.3 Å². The molecule has 104 valence electrons. The predicted molar refractivity (Wildman–Crippen MR) is 67.5 cm³/mol. The Labute approximate surface area is 111 Å². The number of carbonyl (C=O) groups excluding carboxylic acids is 1. The molecule has 0 amide bonds. The molecule has 0 aliphatic heterocycles. The van der Waals surface area contributed by atoms with Gasteiger partial charge in [-0.05, 0) is 12.5 Å². The molecule has 6 heteroatoms. The number of hydrogen-bond donors (Lipinski definition) is 3. The van der Waals surface area contributed by atoms with Gasteiger partial charge in [-0.15, -0.1) is 0 Å². The Balaban J connectivity index is 2.83. The summed E-state index contributed by atoms with van der Waals surface area (Å²) < 4.78 is 4.66. The van der Waals surface area contributed by atoms with Gasteiger partial charge in [-0.2, -0.15) is 0 Å². The van der Waals surface area contributed by atoms with Crippen molar-refractivity contribution in [2.24, 2.45) is 0 Å². The smallest absolute Gasteiger partial charge is 0.336 e. The Morgan fingerprint density at radius 3 is 2.42 bits per heavy atom. The number of carboxylic acid groups (broad SMARTS) is 1. The zero-order valence-electron chi connectivity index (χ0n) is 10.8. The summed E-state index contributed by atoms with van der Waals surface area (Å²) in [6.45, 7) is 0.874. The maximum Gasteiger partial charge on any atom is 0.336 e. The number of esters is 1. The lowest BCUT2D eigenvalue weighted by Gasteiger charge is -2.23. The third kappa shape index (κ3) is 4.04. The predicted octanol–water partition coefficient (Wildman–Crippen LogP) is 0.326. The lowest BCUT2D eigenvalue weighted by atomic mass is 10.0. The van der Waals surface area contributed by atoms with E-state index in [0.29, 0.717) is 5.56 Å². The van der Waals surface area contributed by atoms with E-state index in [4.69, 9.17) is 5.11 Å². The Morgan fingerprint density at radius 2 is 1.95 bits per heavy atom. The highest BCUT2D eigenvalue weighted by Crippen LogP contribution is 2.15. The number of hydrogen-bond acceptors (Lipinski definition) is 5. The zero-order valence-corrected chi connectivity index (χ0v) is 10.8. The maximum absolute atomic E-state index is 11.7. The van der Waals surface area contributed by atoms with E-state index in [2.05, 4.69) is 10.1 Å². The summed E-state index contributed by atoms with van der Waals surface area (Å²) in [4.78, 5) is 22.5. The Morgan fingerprint density at radius 1 is 1.37 bits per heavy atom. The minimum atomic E-state index is -1.96. The minimum Gasteiger partial charge on any atom is -0.479 e. The Hall–Kier alpha value is -1.92. The van der Waals surface area contributed by atoms with Gasteiger partial charge in [0.15, 0.2) is 5.60 Å². The molecule has 0 spiro atoms. The second-order valence-electron chi connectivity index (χ2n) is 4.33. The molecule has 1 aromatic carbocycles. The summed E-state index contributed by atoms with van der Waals surface area (Å²) in [7, 11) is 1.25. The molecule has 6 nitrogen and oxygen atoms in total. The first kappa shape index (κ1) is 15.1. The van der Waals surface area contributed by atoms with Crippen molar-refractivity contribution < 1.29 is 24.5 Å². The second-order valence-corrected chi connectivity index (χ2v) is 4.33. The molecular weight excluding hydrogens is 250 g/mol. The normalized spacial score (nSPS) is 15.3. The number of aliphatic carboxylic acids is 1. The first-order valence-corrected chi connectivity index (χ1v) is 5.70. The van der Waals surface area contributed by atoms with Crippen LogP contribution >= 0.6 is 0 Å². The number of methoxy groups -OCH3 is 1. The number of carboxylic acids is 1. The Kier molecular flexibility index (Phi) is 5.02. The van der Waals surface area contributed by atoms with Crippen LogP contribution in [0.1, 0.15) is 18.5 Å². The lowest BCUT2D eigenvalue weighted by Crippen LogP contribution is -2.47. The number of carbonyl (C=O) groups is 2. The van der Waals surface area contributed by atoms with Gasteiger partial charge in [0.1, 0.15) is 6.04 Å². The third-order valence-electron chi connectivity index (χ3n) is 2.68. The maximum atomic E-state index is 11.7. The molecule has 0 fully saturated rings. The van der Waals surface area contributed by atoms with Gasteiger partial charge in [-0.1, -0.05) is 30.3 Å². The van der Waals surface area contributed by atoms with E-state index in [0.717, 1.165) is 6.92 Å². The average molecular weight is 267 g/mol. The van der Waals surface area contributed by atoms with Crippen molar-refractivity contribution in [2.45, 2.75) is 18.6 Å². The van der Waals surface area contributed by atoms with Gasteiger partial charge in [0, 0.05) is 6.54 Å². The van der Waals surface area contributed by atoms with Crippen LogP contribution in [0.4, 0.5) is 0 Å². The van der Waals surface area contributed by atoms with E-state index in [9.17, 15) is 14.7 Å². The fourth-order valence-electron chi connectivity index (χ4n) is 1.48.